The fourth-order valence-electron chi connectivity index (χ4n) is 3.17. The first-order chi connectivity index (χ1) is 14.6. The molecule has 3 aromatic carbocycles. The molecular weight excluding hydrogens is 380 g/mol. The molecule has 0 spiro atoms. The SMILES string of the molecule is Cc1c(C(=O)NNC(=O)c2ccccc2COc2ccccc2)oc2ccccc12. The van der Waals surface area contributed by atoms with E-state index in [1.165, 1.54) is 0 Å². The van der Waals surface area contributed by atoms with Crippen molar-refractivity contribution >= 4 is 22.8 Å². The van der Waals surface area contributed by atoms with Crippen LogP contribution in [0.4, 0.5) is 0 Å². The van der Waals surface area contributed by atoms with E-state index < -0.39 is 11.8 Å². The standard InChI is InChI=1S/C24H20N2O4/c1-16-19-12-7-8-14-21(19)30-22(16)24(28)26-25-23(27)20-13-6-5-9-17(20)15-29-18-10-3-2-4-11-18/h2-14H,15H2,1H3,(H,25,27)(H,26,28). The molecule has 0 bridgehead atoms. The number of rotatable bonds is 5. The van der Waals surface area contributed by atoms with Gasteiger partial charge in [-0.1, -0.05) is 54.6 Å². The topological polar surface area (TPSA) is 80.6 Å². The van der Waals surface area contributed by atoms with Gasteiger partial charge in [-0.25, -0.2) is 0 Å². The zero-order valence-electron chi connectivity index (χ0n) is 16.3. The Morgan fingerprint density at radius 3 is 2.30 bits per heavy atom. The molecule has 0 saturated heterocycles. The predicted molar refractivity (Wildman–Crippen MR) is 113 cm³/mol. The lowest BCUT2D eigenvalue weighted by atomic mass is 10.1. The molecule has 0 unspecified atom stereocenters. The Hall–Kier alpha value is -4.06. The summed E-state index contributed by atoms with van der Waals surface area (Å²) in [4.78, 5) is 25.2. The third-order valence-corrected chi connectivity index (χ3v) is 4.74. The molecule has 2 N–H and O–H groups in total. The minimum Gasteiger partial charge on any atom is -0.489 e. The van der Waals surface area contributed by atoms with Gasteiger partial charge in [0, 0.05) is 22.1 Å². The number of hydrogen-bond acceptors (Lipinski definition) is 4. The Labute approximate surface area is 173 Å². The molecule has 0 atom stereocenters. The summed E-state index contributed by atoms with van der Waals surface area (Å²) in [6.07, 6.45) is 0. The van der Waals surface area contributed by atoms with Crippen LogP contribution in [0.1, 0.15) is 32.0 Å². The van der Waals surface area contributed by atoms with E-state index in [1.54, 1.807) is 25.1 Å². The van der Waals surface area contributed by atoms with Gasteiger partial charge in [0.2, 0.25) is 0 Å². The van der Waals surface area contributed by atoms with Crippen molar-refractivity contribution in [3.63, 3.8) is 0 Å². The molecule has 0 saturated carbocycles. The number of benzene rings is 3. The highest BCUT2D eigenvalue weighted by molar-refractivity contribution is 6.01. The van der Waals surface area contributed by atoms with Crippen LogP contribution in [0.15, 0.2) is 83.3 Å². The largest absolute Gasteiger partial charge is 0.489 e. The fraction of sp³-hybridized carbons (Fsp3) is 0.0833. The first-order valence-corrected chi connectivity index (χ1v) is 9.48. The summed E-state index contributed by atoms with van der Waals surface area (Å²) >= 11 is 0. The van der Waals surface area contributed by atoms with E-state index in [2.05, 4.69) is 10.9 Å². The monoisotopic (exact) mass is 400 g/mol. The number of hydrogen-bond donors (Lipinski definition) is 2. The lowest BCUT2D eigenvalue weighted by molar-refractivity contribution is 0.0830. The number of fused-ring (bicyclic) bond motifs is 1. The number of carbonyl (C=O) groups is 2. The van der Waals surface area contributed by atoms with E-state index in [0.717, 1.165) is 5.39 Å². The molecule has 6 heteroatoms. The molecule has 0 radical (unpaired) electrons. The number of nitrogens with one attached hydrogen (secondary N) is 2. The lowest BCUT2D eigenvalue weighted by Crippen LogP contribution is -2.42. The van der Waals surface area contributed by atoms with E-state index in [1.807, 2.05) is 60.7 Å². The maximum atomic E-state index is 12.7. The summed E-state index contributed by atoms with van der Waals surface area (Å²) in [6.45, 7) is 2.03. The van der Waals surface area contributed by atoms with Crippen molar-refractivity contribution in [2.75, 3.05) is 0 Å². The van der Waals surface area contributed by atoms with Gasteiger partial charge >= 0.3 is 5.91 Å². The van der Waals surface area contributed by atoms with Gasteiger partial charge in [0.1, 0.15) is 17.9 Å². The van der Waals surface area contributed by atoms with Crippen LogP contribution in [-0.2, 0) is 6.61 Å². The van der Waals surface area contributed by atoms with E-state index >= 15 is 0 Å². The van der Waals surface area contributed by atoms with Crippen molar-refractivity contribution in [2.24, 2.45) is 0 Å². The van der Waals surface area contributed by atoms with Gasteiger partial charge in [-0.15, -0.1) is 0 Å². The molecule has 30 heavy (non-hydrogen) atoms. The van der Waals surface area contributed by atoms with Gasteiger partial charge in [0.25, 0.3) is 5.91 Å². The number of hydrazine groups is 1. The molecule has 150 valence electrons. The Bertz CT molecular complexity index is 1200. The maximum Gasteiger partial charge on any atom is 0.305 e. The molecular formula is C24H20N2O4. The second-order valence-electron chi connectivity index (χ2n) is 6.72. The maximum absolute atomic E-state index is 12.7. The summed E-state index contributed by atoms with van der Waals surface area (Å²) in [5.74, 6) is -0.0852. The molecule has 1 aromatic heterocycles. The lowest BCUT2D eigenvalue weighted by Gasteiger charge is -2.12. The Kier molecular flexibility index (Phi) is 5.48. The van der Waals surface area contributed by atoms with Crippen molar-refractivity contribution in [2.45, 2.75) is 13.5 Å². The Morgan fingerprint density at radius 1 is 0.833 bits per heavy atom. The van der Waals surface area contributed by atoms with E-state index in [9.17, 15) is 9.59 Å². The fourth-order valence-corrected chi connectivity index (χ4v) is 3.17. The average molecular weight is 400 g/mol. The van der Waals surface area contributed by atoms with Crippen LogP contribution in [0, 0.1) is 6.92 Å². The summed E-state index contributed by atoms with van der Waals surface area (Å²) in [5.41, 5.74) is 7.33. The highest BCUT2D eigenvalue weighted by atomic mass is 16.5. The number of ether oxygens (including phenoxy) is 1. The van der Waals surface area contributed by atoms with Gasteiger partial charge in [-0.3, -0.25) is 20.4 Å². The first kappa shape index (κ1) is 19.3. The van der Waals surface area contributed by atoms with Gasteiger partial charge < -0.3 is 9.15 Å². The number of furan rings is 1. The van der Waals surface area contributed by atoms with Gasteiger partial charge in [-0.05, 0) is 31.2 Å². The predicted octanol–water partition coefficient (Wildman–Crippen LogP) is 4.40. The smallest absolute Gasteiger partial charge is 0.305 e. The van der Waals surface area contributed by atoms with Gasteiger partial charge in [0.05, 0.1) is 0 Å². The minimum atomic E-state index is -0.518. The van der Waals surface area contributed by atoms with Crippen LogP contribution < -0.4 is 15.6 Å². The number of amides is 2. The van der Waals surface area contributed by atoms with E-state index in [4.69, 9.17) is 9.15 Å². The van der Waals surface area contributed by atoms with Crippen LogP contribution in [-0.4, -0.2) is 11.8 Å². The highest BCUT2D eigenvalue weighted by Gasteiger charge is 2.19. The van der Waals surface area contributed by atoms with Gasteiger partial charge in [0.15, 0.2) is 5.76 Å². The first-order valence-electron chi connectivity index (χ1n) is 9.48. The zero-order chi connectivity index (χ0) is 20.9. The summed E-state index contributed by atoms with van der Waals surface area (Å²) in [5, 5.41) is 0.859. The third kappa shape index (κ3) is 4.03. The van der Waals surface area contributed by atoms with Crippen molar-refractivity contribution in [1.82, 2.24) is 10.9 Å². The quantitative estimate of drug-likeness (QED) is 0.487. The van der Waals surface area contributed by atoms with Crippen molar-refractivity contribution in [3.8, 4) is 5.75 Å². The average Bonchev–Trinajstić information content (AvgIpc) is 3.13. The Morgan fingerprint density at radius 2 is 1.50 bits per heavy atom. The minimum absolute atomic E-state index is 0.164. The highest BCUT2D eigenvalue weighted by Crippen LogP contribution is 2.24. The second-order valence-corrected chi connectivity index (χ2v) is 6.72. The Balaban J connectivity index is 1.43. The van der Waals surface area contributed by atoms with Crippen LogP contribution in [0.2, 0.25) is 0 Å². The normalized spacial score (nSPS) is 10.6. The van der Waals surface area contributed by atoms with Crippen LogP contribution in [0.5, 0.6) is 5.75 Å². The molecule has 0 fully saturated rings. The van der Waals surface area contributed by atoms with Crippen LogP contribution >= 0.6 is 0 Å². The summed E-state index contributed by atoms with van der Waals surface area (Å²) < 4.78 is 11.4. The number of para-hydroxylation sites is 2. The number of aryl methyl sites for hydroxylation is 1. The molecule has 0 aliphatic carbocycles. The molecule has 0 aliphatic rings. The summed E-state index contributed by atoms with van der Waals surface area (Å²) in [6, 6.07) is 23.8. The third-order valence-electron chi connectivity index (χ3n) is 4.74. The van der Waals surface area contributed by atoms with Gasteiger partial charge in [-0.2, -0.15) is 0 Å². The van der Waals surface area contributed by atoms with E-state index in [-0.39, 0.29) is 12.4 Å². The molecule has 0 aliphatic heterocycles. The second kappa shape index (κ2) is 8.53. The molecule has 4 rings (SSSR count). The van der Waals surface area contributed by atoms with Crippen molar-refractivity contribution in [3.05, 3.63) is 101 Å². The van der Waals surface area contributed by atoms with E-state index in [0.29, 0.717) is 28.0 Å². The summed E-state index contributed by atoms with van der Waals surface area (Å²) in [7, 11) is 0. The zero-order valence-corrected chi connectivity index (χ0v) is 16.3. The molecule has 4 aromatic rings. The van der Waals surface area contributed by atoms with Crippen LogP contribution in [0.3, 0.4) is 0 Å². The molecule has 1 heterocycles. The van der Waals surface area contributed by atoms with Crippen molar-refractivity contribution in [1.29, 1.82) is 0 Å². The number of carbonyl (C=O) groups excluding carboxylic acids is 2. The molecule has 2 amide bonds. The van der Waals surface area contributed by atoms with Crippen molar-refractivity contribution < 1.29 is 18.7 Å². The van der Waals surface area contributed by atoms with Crippen LogP contribution in [0.25, 0.3) is 11.0 Å². The molecule has 6 nitrogen and oxygen atoms in total.